The standard InChI is InChI=1S/C10H16O3/c11-5-6-3-7-1-2-8(7)9(4-6)10(12)13/h6-9,11H,1-5H2,(H,12,13). The van der Waals surface area contributed by atoms with Crippen LogP contribution in [0.5, 0.6) is 0 Å². The van der Waals surface area contributed by atoms with Crippen molar-refractivity contribution >= 4 is 5.97 Å². The van der Waals surface area contributed by atoms with Gasteiger partial charge in [-0.2, -0.15) is 0 Å². The summed E-state index contributed by atoms with van der Waals surface area (Å²) in [6.45, 7) is 0.160. The van der Waals surface area contributed by atoms with Gasteiger partial charge in [-0.25, -0.2) is 0 Å². The Hall–Kier alpha value is -0.570. The number of aliphatic carboxylic acids is 1. The SMILES string of the molecule is O=C(O)C1CC(CO)CC2CCC21. The molecule has 2 saturated carbocycles. The Morgan fingerprint density at radius 1 is 1.31 bits per heavy atom. The summed E-state index contributed by atoms with van der Waals surface area (Å²) in [4.78, 5) is 10.9. The van der Waals surface area contributed by atoms with E-state index < -0.39 is 5.97 Å². The van der Waals surface area contributed by atoms with E-state index in [-0.39, 0.29) is 18.4 Å². The van der Waals surface area contributed by atoms with Gasteiger partial charge in [-0.15, -0.1) is 0 Å². The summed E-state index contributed by atoms with van der Waals surface area (Å²) in [7, 11) is 0. The molecule has 13 heavy (non-hydrogen) atoms. The van der Waals surface area contributed by atoms with E-state index in [1.807, 2.05) is 0 Å². The van der Waals surface area contributed by atoms with Crippen LogP contribution in [0, 0.1) is 23.7 Å². The monoisotopic (exact) mass is 184 g/mol. The summed E-state index contributed by atoms with van der Waals surface area (Å²) in [5, 5.41) is 18.0. The highest BCUT2D eigenvalue weighted by Gasteiger charge is 2.45. The van der Waals surface area contributed by atoms with Crippen molar-refractivity contribution in [2.75, 3.05) is 6.61 Å². The Kier molecular flexibility index (Phi) is 2.28. The van der Waals surface area contributed by atoms with Gasteiger partial charge in [-0.1, -0.05) is 0 Å². The van der Waals surface area contributed by atoms with Crippen molar-refractivity contribution in [2.24, 2.45) is 23.7 Å². The van der Waals surface area contributed by atoms with Crippen LogP contribution >= 0.6 is 0 Å². The summed E-state index contributed by atoms with van der Waals surface area (Å²) < 4.78 is 0. The molecule has 2 N–H and O–H groups in total. The molecule has 0 amide bonds. The molecule has 2 fully saturated rings. The highest BCUT2D eigenvalue weighted by atomic mass is 16.4. The first-order valence-corrected chi connectivity index (χ1v) is 5.06. The Bertz CT molecular complexity index is 212. The Morgan fingerprint density at radius 3 is 2.54 bits per heavy atom. The molecule has 0 spiro atoms. The number of carbonyl (C=O) groups is 1. The van der Waals surface area contributed by atoms with Gasteiger partial charge >= 0.3 is 5.97 Å². The molecule has 0 aromatic rings. The molecule has 0 saturated heterocycles. The second kappa shape index (κ2) is 3.29. The number of aliphatic hydroxyl groups excluding tert-OH is 1. The highest BCUT2D eigenvalue weighted by Crippen LogP contribution is 2.49. The van der Waals surface area contributed by atoms with E-state index in [1.54, 1.807) is 0 Å². The zero-order valence-corrected chi connectivity index (χ0v) is 7.65. The molecular formula is C10H16O3. The van der Waals surface area contributed by atoms with Crippen molar-refractivity contribution in [1.82, 2.24) is 0 Å². The number of aliphatic hydroxyl groups is 1. The summed E-state index contributed by atoms with van der Waals surface area (Å²) in [5.41, 5.74) is 0. The second-order valence-corrected chi connectivity index (χ2v) is 4.47. The Balaban J connectivity index is 2.04. The molecule has 0 heterocycles. The fraction of sp³-hybridized carbons (Fsp3) is 0.900. The third-order valence-electron chi connectivity index (χ3n) is 3.79. The van der Waals surface area contributed by atoms with Crippen LogP contribution in [-0.4, -0.2) is 22.8 Å². The van der Waals surface area contributed by atoms with Gasteiger partial charge in [0.05, 0.1) is 5.92 Å². The smallest absolute Gasteiger partial charge is 0.306 e. The lowest BCUT2D eigenvalue weighted by atomic mass is 9.58. The lowest BCUT2D eigenvalue weighted by Gasteiger charge is -2.47. The molecule has 4 unspecified atom stereocenters. The van der Waals surface area contributed by atoms with Gasteiger partial charge in [0.2, 0.25) is 0 Å². The quantitative estimate of drug-likeness (QED) is 0.676. The third-order valence-corrected chi connectivity index (χ3v) is 3.79. The molecular weight excluding hydrogens is 168 g/mol. The van der Waals surface area contributed by atoms with Gasteiger partial charge < -0.3 is 10.2 Å². The van der Waals surface area contributed by atoms with Gasteiger partial charge in [0, 0.05) is 6.61 Å². The van der Waals surface area contributed by atoms with Gasteiger partial charge in [0.1, 0.15) is 0 Å². The van der Waals surface area contributed by atoms with Gasteiger partial charge in [-0.05, 0) is 43.4 Å². The minimum Gasteiger partial charge on any atom is -0.481 e. The minimum absolute atomic E-state index is 0.160. The van der Waals surface area contributed by atoms with Crippen molar-refractivity contribution in [2.45, 2.75) is 25.7 Å². The molecule has 0 aliphatic heterocycles. The maximum atomic E-state index is 10.9. The molecule has 2 aliphatic carbocycles. The second-order valence-electron chi connectivity index (χ2n) is 4.47. The van der Waals surface area contributed by atoms with Crippen LogP contribution in [0.4, 0.5) is 0 Å². The number of rotatable bonds is 2. The van der Waals surface area contributed by atoms with E-state index in [1.165, 1.54) is 6.42 Å². The van der Waals surface area contributed by atoms with E-state index in [0.717, 1.165) is 12.8 Å². The zero-order valence-electron chi connectivity index (χ0n) is 7.65. The lowest BCUT2D eigenvalue weighted by Crippen LogP contribution is -2.43. The molecule has 3 nitrogen and oxygen atoms in total. The predicted octanol–water partition coefficient (Wildman–Crippen LogP) is 1.12. The molecule has 3 heteroatoms. The molecule has 0 radical (unpaired) electrons. The largest absolute Gasteiger partial charge is 0.481 e. The number of hydrogen-bond donors (Lipinski definition) is 2. The van der Waals surface area contributed by atoms with Crippen molar-refractivity contribution in [1.29, 1.82) is 0 Å². The van der Waals surface area contributed by atoms with Crippen molar-refractivity contribution in [3.63, 3.8) is 0 Å². The summed E-state index contributed by atoms with van der Waals surface area (Å²) in [6.07, 6.45) is 3.99. The normalized spacial score (nSPS) is 43.5. The van der Waals surface area contributed by atoms with Gasteiger partial charge in [0.15, 0.2) is 0 Å². The lowest BCUT2D eigenvalue weighted by molar-refractivity contribution is -0.150. The average molecular weight is 184 g/mol. The third kappa shape index (κ3) is 1.46. The fourth-order valence-corrected chi connectivity index (χ4v) is 2.91. The number of carboxylic acids is 1. The fourth-order valence-electron chi connectivity index (χ4n) is 2.91. The Labute approximate surface area is 77.8 Å². The van der Waals surface area contributed by atoms with E-state index in [0.29, 0.717) is 18.3 Å². The minimum atomic E-state index is -0.659. The van der Waals surface area contributed by atoms with Crippen molar-refractivity contribution in [3.8, 4) is 0 Å². The van der Waals surface area contributed by atoms with Crippen LogP contribution < -0.4 is 0 Å². The summed E-state index contributed by atoms with van der Waals surface area (Å²) in [5.74, 6) is 0.410. The zero-order chi connectivity index (χ0) is 9.42. The Morgan fingerprint density at radius 2 is 2.08 bits per heavy atom. The first-order valence-electron chi connectivity index (χ1n) is 5.06. The van der Waals surface area contributed by atoms with Crippen LogP contribution in [-0.2, 0) is 4.79 Å². The van der Waals surface area contributed by atoms with Crippen molar-refractivity contribution < 1.29 is 15.0 Å². The van der Waals surface area contributed by atoms with Crippen LogP contribution in [0.15, 0.2) is 0 Å². The van der Waals surface area contributed by atoms with Crippen LogP contribution in [0.25, 0.3) is 0 Å². The van der Waals surface area contributed by atoms with Gasteiger partial charge in [-0.3, -0.25) is 4.79 Å². The van der Waals surface area contributed by atoms with E-state index in [9.17, 15) is 4.79 Å². The van der Waals surface area contributed by atoms with Crippen LogP contribution in [0.2, 0.25) is 0 Å². The summed E-state index contributed by atoms with van der Waals surface area (Å²) >= 11 is 0. The van der Waals surface area contributed by atoms with Crippen LogP contribution in [0.1, 0.15) is 25.7 Å². The van der Waals surface area contributed by atoms with Crippen molar-refractivity contribution in [3.05, 3.63) is 0 Å². The first kappa shape index (κ1) is 9.00. The molecule has 2 aliphatic rings. The van der Waals surface area contributed by atoms with Crippen LogP contribution in [0.3, 0.4) is 0 Å². The molecule has 2 rings (SSSR count). The predicted molar refractivity (Wildman–Crippen MR) is 47.1 cm³/mol. The first-order chi connectivity index (χ1) is 6.22. The summed E-state index contributed by atoms with van der Waals surface area (Å²) in [6, 6.07) is 0. The number of fused-ring (bicyclic) bond motifs is 1. The number of hydrogen-bond acceptors (Lipinski definition) is 2. The van der Waals surface area contributed by atoms with Gasteiger partial charge in [0.25, 0.3) is 0 Å². The molecule has 74 valence electrons. The average Bonchev–Trinajstić information content (AvgIpc) is 2.06. The topological polar surface area (TPSA) is 57.5 Å². The molecule has 4 atom stereocenters. The maximum Gasteiger partial charge on any atom is 0.306 e. The van der Waals surface area contributed by atoms with E-state index >= 15 is 0 Å². The molecule has 0 aromatic heterocycles. The maximum absolute atomic E-state index is 10.9. The molecule has 0 aromatic carbocycles. The highest BCUT2D eigenvalue weighted by molar-refractivity contribution is 5.70. The van der Waals surface area contributed by atoms with E-state index in [4.69, 9.17) is 10.2 Å². The number of carboxylic acid groups (broad SMARTS) is 1. The molecule has 0 bridgehead atoms. The van der Waals surface area contributed by atoms with E-state index in [2.05, 4.69) is 0 Å².